The number of halogens is 2. The molecule has 1 saturated heterocycles. The molecule has 8 nitrogen and oxygen atoms in total. The summed E-state index contributed by atoms with van der Waals surface area (Å²) in [5, 5.41) is 27.6. The van der Waals surface area contributed by atoms with Gasteiger partial charge in [-0.2, -0.15) is 11.3 Å². The van der Waals surface area contributed by atoms with Gasteiger partial charge in [0.1, 0.15) is 11.3 Å². The average Bonchev–Trinajstić information content (AvgIpc) is 3.44. The number of nitrogens with one attached hydrogen (secondary N) is 1. The van der Waals surface area contributed by atoms with Crippen molar-refractivity contribution < 1.29 is 23.7 Å². The number of hydrogen-bond acceptors (Lipinski definition) is 8. The molecule has 2 atom stereocenters. The second-order valence-corrected chi connectivity index (χ2v) is 9.50. The Morgan fingerprint density at radius 3 is 2.76 bits per heavy atom. The summed E-state index contributed by atoms with van der Waals surface area (Å²) < 4.78 is 36.8. The van der Waals surface area contributed by atoms with Crippen LogP contribution in [0.2, 0.25) is 0 Å². The van der Waals surface area contributed by atoms with Crippen molar-refractivity contribution in [3.63, 3.8) is 0 Å². The van der Waals surface area contributed by atoms with Crippen molar-refractivity contribution in [3.8, 4) is 22.5 Å². The average molecular weight is 488 g/mol. The summed E-state index contributed by atoms with van der Waals surface area (Å²) in [6.45, 7) is 3.82. The van der Waals surface area contributed by atoms with E-state index in [4.69, 9.17) is 4.74 Å². The molecule has 0 unspecified atom stereocenters. The Labute approximate surface area is 197 Å². The first-order chi connectivity index (χ1) is 16.2. The van der Waals surface area contributed by atoms with Gasteiger partial charge in [0.25, 0.3) is 0 Å². The maximum atomic E-state index is 15.2. The number of imidazole rings is 1. The van der Waals surface area contributed by atoms with E-state index in [9.17, 15) is 14.6 Å². The fourth-order valence-electron chi connectivity index (χ4n) is 4.03. The molecule has 0 amide bonds. The van der Waals surface area contributed by atoms with Crippen LogP contribution in [0.5, 0.6) is 0 Å². The maximum Gasteiger partial charge on any atom is 0.223 e. The van der Waals surface area contributed by atoms with E-state index < -0.39 is 23.3 Å². The molecule has 4 aromatic heterocycles. The molecule has 1 fully saturated rings. The lowest BCUT2D eigenvalue weighted by molar-refractivity contribution is -0.0136. The Hall–Kier alpha value is -2.99. The lowest BCUT2D eigenvalue weighted by Gasteiger charge is -2.28. The Morgan fingerprint density at radius 2 is 2.06 bits per heavy atom. The minimum absolute atomic E-state index is 0.0141. The molecule has 0 spiro atoms. The first-order valence-corrected chi connectivity index (χ1v) is 11.7. The van der Waals surface area contributed by atoms with Crippen LogP contribution in [0.4, 0.5) is 14.7 Å². The number of anilines is 1. The molecule has 3 N–H and O–H groups in total. The number of nitrogens with zero attached hydrogens (tertiary/aromatic N) is 4. The fourth-order valence-corrected chi connectivity index (χ4v) is 4.67. The molecule has 4 aromatic rings. The van der Waals surface area contributed by atoms with E-state index in [0.29, 0.717) is 24.4 Å². The lowest BCUT2D eigenvalue weighted by Crippen LogP contribution is -2.42. The number of fused-ring (bicyclic) bond motifs is 1. The van der Waals surface area contributed by atoms with E-state index in [0.717, 1.165) is 17.8 Å². The Morgan fingerprint density at radius 1 is 1.24 bits per heavy atom. The highest BCUT2D eigenvalue weighted by Gasteiger charge is 2.29. The summed E-state index contributed by atoms with van der Waals surface area (Å²) in [5.74, 6) is -1.29. The van der Waals surface area contributed by atoms with Crippen LogP contribution in [0, 0.1) is 11.6 Å². The highest BCUT2D eigenvalue weighted by atomic mass is 32.1. The largest absolute Gasteiger partial charge is 0.389 e. The van der Waals surface area contributed by atoms with Gasteiger partial charge in [-0.3, -0.25) is 4.40 Å². The van der Waals surface area contributed by atoms with Crippen molar-refractivity contribution in [3.05, 3.63) is 52.6 Å². The number of aliphatic hydroxyl groups excluding tert-OH is 1. The standard InChI is InChI=1S/C23H23F2N5O3S/c1-23(2,32)20-19(12-4-6-34-11-12)30-9-13(7-14(24)21(30)29-20)18-15(25)8-26-22(28-18)27-16-3-5-33-10-17(16)31/h4,6-9,11,16-17,31-32H,3,5,10H2,1-2H3,(H,26,27,28)/t16-,17-/m1/s1. The monoisotopic (exact) mass is 487 g/mol. The van der Waals surface area contributed by atoms with Gasteiger partial charge >= 0.3 is 0 Å². The molecule has 34 heavy (non-hydrogen) atoms. The van der Waals surface area contributed by atoms with Gasteiger partial charge < -0.3 is 20.3 Å². The van der Waals surface area contributed by atoms with E-state index in [-0.39, 0.29) is 35.5 Å². The molecule has 0 aliphatic carbocycles. The van der Waals surface area contributed by atoms with Crippen LogP contribution in [0.15, 0.2) is 35.3 Å². The second kappa shape index (κ2) is 8.66. The second-order valence-electron chi connectivity index (χ2n) is 8.72. The van der Waals surface area contributed by atoms with Crippen molar-refractivity contribution in [2.75, 3.05) is 18.5 Å². The van der Waals surface area contributed by atoms with Gasteiger partial charge in [-0.05, 0) is 37.8 Å². The van der Waals surface area contributed by atoms with Crippen LogP contribution in [0.1, 0.15) is 26.0 Å². The third kappa shape index (κ3) is 4.16. The quantitative estimate of drug-likeness (QED) is 0.395. The summed E-state index contributed by atoms with van der Waals surface area (Å²) in [7, 11) is 0. The molecular formula is C23H23F2N5O3S. The Kier molecular flexibility index (Phi) is 5.80. The third-order valence-corrected chi connectivity index (χ3v) is 6.39. The van der Waals surface area contributed by atoms with Gasteiger partial charge in [0.15, 0.2) is 17.3 Å². The molecule has 178 valence electrons. The summed E-state index contributed by atoms with van der Waals surface area (Å²) >= 11 is 1.46. The van der Waals surface area contributed by atoms with Gasteiger partial charge in [0, 0.05) is 29.3 Å². The SMILES string of the molecule is CC(C)(O)c1nc2c(F)cc(-c3nc(N[C@@H]4CCOC[C@H]4O)ncc3F)cn2c1-c1ccsc1. The van der Waals surface area contributed by atoms with Crippen LogP contribution >= 0.6 is 11.3 Å². The number of pyridine rings is 1. The predicted molar refractivity (Wildman–Crippen MR) is 124 cm³/mol. The number of hydrogen-bond donors (Lipinski definition) is 3. The van der Waals surface area contributed by atoms with Crippen molar-refractivity contribution in [2.45, 2.75) is 38.0 Å². The highest BCUT2D eigenvalue weighted by molar-refractivity contribution is 7.08. The zero-order valence-electron chi connectivity index (χ0n) is 18.5. The minimum atomic E-state index is -1.34. The molecule has 1 aliphatic heterocycles. The molecule has 0 bridgehead atoms. The minimum Gasteiger partial charge on any atom is -0.389 e. The zero-order chi connectivity index (χ0) is 24.0. The first-order valence-electron chi connectivity index (χ1n) is 10.7. The van der Waals surface area contributed by atoms with E-state index in [1.807, 2.05) is 16.8 Å². The number of aromatic nitrogens is 4. The highest BCUT2D eigenvalue weighted by Crippen LogP contribution is 2.35. The number of thiophene rings is 1. The topological polar surface area (TPSA) is 105 Å². The molecule has 0 radical (unpaired) electrons. The number of rotatable bonds is 5. The summed E-state index contributed by atoms with van der Waals surface area (Å²) in [6.07, 6.45) is 2.34. The summed E-state index contributed by atoms with van der Waals surface area (Å²) in [4.78, 5) is 12.6. The molecule has 1 aliphatic rings. The van der Waals surface area contributed by atoms with Crippen LogP contribution in [0.25, 0.3) is 28.2 Å². The van der Waals surface area contributed by atoms with Crippen molar-refractivity contribution in [1.82, 2.24) is 19.4 Å². The zero-order valence-corrected chi connectivity index (χ0v) is 19.3. The lowest BCUT2D eigenvalue weighted by atomic mass is 10.0. The molecule has 0 saturated carbocycles. The van der Waals surface area contributed by atoms with E-state index in [1.165, 1.54) is 15.7 Å². The molecule has 0 aromatic carbocycles. The van der Waals surface area contributed by atoms with Crippen molar-refractivity contribution in [2.24, 2.45) is 0 Å². The van der Waals surface area contributed by atoms with Crippen LogP contribution in [-0.4, -0.2) is 54.9 Å². The molecule has 5 rings (SSSR count). The van der Waals surface area contributed by atoms with Gasteiger partial charge in [-0.15, -0.1) is 0 Å². The fraction of sp³-hybridized carbons (Fsp3) is 0.348. The van der Waals surface area contributed by atoms with E-state index in [2.05, 4.69) is 20.3 Å². The van der Waals surface area contributed by atoms with Gasteiger partial charge in [0.05, 0.1) is 36.3 Å². The van der Waals surface area contributed by atoms with Gasteiger partial charge in [0.2, 0.25) is 5.95 Å². The van der Waals surface area contributed by atoms with Gasteiger partial charge in [-0.1, -0.05) is 0 Å². The van der Waals surface area contributed by atoms with Crippen LogP contribution in [0.3, 0.4) is 0 Å². The summed E-state index contributed by atoms with van der Waals surface area (Å²) in [5.41, 5.74) is 0.331. The van der Waals surface area contributed by atoms with E-state index in [1.54, 1.807) is 20.0 Å². The van der Waals surface area contributed by atoms with Crippen LogP contribution < -0.4 is 5.32 Å². The predicted octanol–water partition coefficient (Wildman–Crippen LogP) is 3.59. The van der Waals surface area contributed by atoms with Crippen LogP contribution in [-0.2, 0) is 10.3 Å². The first kappa shape index (κ1) is 22.8. The normalized spacial score (nSPS) is 19.0. The number of aliphatic hydroxyl groups is 2. The van der Waals surface area contributed by atoms with Gasteiger partial charge in [-0.25, -0.2) is 23.7 Å². The third-order valence-electron chi connectivity index (χ3n) is 5.71. The van der Waals surface area contributed by atoms with E-state index >= 15 is 4.39 Å². The maximum absolute atomic E-state index is 15.2. The Bertz CT molecular complexity index is 1340. The number of ether oxygens (including phenoxy) is 1. The molecule has 5 heterocycles. The van der Waals surface area contributed by atoms with Crippen molar-refractivity contribution >= 4 is 22.9 Å². The smallest absolute Gasteiger partial charge is 0.223 e. The Balaban J connectivity index is 1.63. The molecule has 11 heteroatoms. The summed E-state index contributed by atoms with van der Waals surface area (Å²) in [6, 6.07) is 2.66. The van der Waals surface area contributed by atoms with Crippen molar-refractivity contribution in [1.29, 1.82) is 0 Å². The molecular weight excluding hydrogens is 464 g/mol.